The number of anilines is 1. The van der Waals surface area contributed by atoms with Crippen LogP contribution in [0.25, 0.3) is 5.76 Å². The van der Waals surface area contributed by atoms with Crippen molar-refractivity contribution < 1.29 is 24.4 Å². The van der Waals surface area contributed by atoms with Gasteiger partial charge in [0.1, 0.15) is 18.1 Å². The molecule has 47 heavy (non-hydrogen) atoms. The van der Waals surface area contributed by atoms with E-state index < -0.39 is 28.4 Å². The topological polar surface area (TPSA) is 136 Å². The summed E-state index contributed by atoms with van der Waals surface area (Å²) in [4.78, 5) is 39.1. The van der Waals surface area contributed by atoms with Gasteiger partial charge >= 0.3 is 5.91 Å². The van der Waals surface area contributed by atoms with E-state index in [1.807, 2.05) is 43.3 Å². The number of carbonyl (C=O) groups excluding carboxylic acids is 2. The maximum atomic E-state index is 13.6. The van der Waals surface area contributed by atoms with E-state index in [1.165, 1.54) is 40.9 Å². The van der Waals surface area contributed by atoms with Gasteiger partial charge in [0.2, 0.25) is 5.13 Å². The van der Waals surface area contributed by atoms with Crippen LogP contribution in [0.15, 0.2) is 107 Å². The van der Waals surface area contributed by atoms with E-state index >= 15 is 0 Å². The summed E-state index contributed by atoms with van der Waals surface area (Å²) >= 11 is 8.51. The average molecular weight is 685 g/mol. The number of Topliss-reactive ketones (excluding diaryl/α,β-unsaturated/α-hetero) is 1. The molecule has 2 heterocycles. The minimum atomic E-state index is -1.12. The highest BCUT2D eigenvalue weighted by Crippen LogP contribution is 2.44. The molecule has 1 fully saturated rings. The molecule has 1 N–H and O–H groups in total. The van der Waals surface area contributed by atoms with Crippen molar-refractivity contribution in [3.8, 4) is 5.75 Å². The van der Waals surface area contributed by atoms with Crippen LogP contribution in [0, 0.1) is 17.0 Å². The Hall–Kier alpha value is -5.04. The lowest BCUT2D eigenvalue weighted by Crippen LogP contribution is -2.29. The van der Waals surface area contributed by atoms with E-state index in [2.05, 4.69) is 10.2 Å². The highest BCUT2D eigenvalue weighted by atomic mass is 35.5. The minimum Gasteiger partial charge on any atom is -0.507 e. The number of hydrogen-bond donors (Lipinski definition) is 1. The van der Waals surface area contributed by atoms with Crippen LogP contribution in [-0.2, 0) is 21.9 Å². The van der Waals surface area contributed by atoms with Crippen LogP contribution in [0.1, 0.15) is 33.9 Å². The highest BCUT2D eigenvalue weighted by Gasteiger charge is 2.48. The maximum absolute atomic E-state index is 13.6. The van der Waals surface area contributed by atoms with E-state index in [4.69, 9.17) is 16.3 Å². The smallest absolute Gasteiger partial charge is 0.301 e. The van der Waals surface area contributed by atoms with Gasteiger partial charge in [-0.2, -0.15) is 0 Å². The molecule has 0 aliphatic carbocycles. The number of thioether (sulfide) groups is 1. The summed E-state index contributed by atoms with van der Waals surface area (Å²) in [6.45, 7) is 2.35. The first-order chi connectivity index (χ1) is 22.7. The van der Waals surface area contributed by atoms with Gasteiger partial charge in [0.15, 0.2) is 4.34 Å². The van der Waals surface area contributed by atoms with E-state index in [9.17, 15) is 24.8 Å². The Morgan fingerprint density at radius 3 is 2.38 bits per heavy atom. The number of ketones is 1. The number of nitro benzene ring substituents is 1. The lowest BCUT2D eigenvalue weighted by Gasteiger charge is -2.22. The molecule has 1 saturated heterocycles. The van der Waals surface area contributed by atoms with Gasteiger partial charge < -0.3 is 9.84 Å². The Morgan fingerprint density at radius 2 is 1.70 bits per heavy atom. The molecule has 0 saturated carbocycles. The first kappa shape index (κ1) is 31.9. The van der Waals surface area contributed by atoms with Crippen LogP contribution < -0.4 is 9.64 Å². The SMILES string of the molecule is Cc1ccccc1COc1ccc(/C(O)=C2\C(=O)C(=O)N(c3nnc(SCc4ccc(Cl)cc4)s3)C2c2ccc([N+](=O)[O-])cc2)cc1. The maximum Gasteiger partial charge on any atom is 0.301 e. The molecular weight excluding hydrogens is 660 g/mol. The molecule has 1 atom stereocenters. The summed E-state index contributed by atoms with van der Waals surface area (Å²) in [6.07, 6.45) is 0. The molecule has 236 valence electrons. The zero-order valence-electron chi connectivity index (χ0n) is 24.7. The quantitative estimate of drug-likeness (QED) is 0.0296. The van der Waals surface area contributed by atoms with Gasteiger partial charge in [-0.15, -0.1) is 10.2 Å². The lowest BCUT2D eigenvalue weighted by molar-refractivity contribution is -0.384. The number of hydrogen-bond acceptors (Lipinski definition) is 10. The second-order valence-electron chi connectivity index (χ2n) is 10.5. The number of non-ortho nitro benzene ring substituents is 1. The Balaban J connectivity index is 1.31. The molecule has 0 radical (unpaired) electrons. The van der Waals surface area contributed by atoms with Gasteiger partial charge in [0.25, 0.3) is 11.5 Å². The number of benzene rings is 4. The summed E-state index contributed by atoms with van der Waals surface area (Å²) in [5.41, 5.74) is 3.46. The average Bonchev–Trinajstić information content (AvgIpc) is 3.65. The molecule has 1 unspecified atom stereocenters. The molecule has 10 nitrogen and oxygen atoms in total. The van der Waals surface area contributed by atoms with Gasteiger partial charge in [-0.3, -0.25) is 24.6 Å². The fourth-order valence-corrected chi connectivity index (χ4v) is 6.95. The van der Waals surface area contributed by atoms with E-state index in [0.717, 1.165) is 28.0 Å². The third-order valence-corrected chi connectivity index (χ3v) is 9.90. The summed E-state index contributed by atoms with van der Waals surface area (Å²) in [6, 6.07) is 26.1. The summed E-state index contributed by atoms with van der Waals surface area (Å²) < 4.78 is 6.48. The number of amides is 1. The number of rotatable bonds is 10. The second-order valence-corrected chi connectivity index (χ2v) is 13.1. The summed E-state index contributed by atoms with van der Waals surface area (Å²) in [5, 5.41) is 32.0. The summed E-state index contributed by atoms with van der Waals surface area (Å²) in [7, 11) is 0. The molecule has 0 spiro atoms. The molecule has 6 rings (SSSR count). The standard InChI is InChI=1S/C34H25ClN4O6S2/c1-20-4-2-3-5-24(20)18-45-27-16-10-23(11-17-27)30(40)28-29(22-8-14-26(15-9-22)39(43)44)38(32(42)31(28)41)33-36-37-34(47-33)46-19-21-6-12-25(35)13-7-21/h2-17,29,40H,18-19H2,1H3/b30-28+. The first-order valence-electron chi connectivity index (χ1n) is 14.2. The Labute approximate surface area is 282 Å². The zero-order valence-corrected chi connectivity index (χ0v) is 27.1. The van der Waals surface area contributed by atoms with Crippen LogP contribution in [0.5, 0.6) is 5.75 Å². The molecule has 13 heteroatoms. The number of aliphatic hydroxyl groups excluding tert-OH is 1. The van der Waals surface area contributed by atoms with E-state index in [1.54, 1.807) is 36.4 Å². The fourth-order valence-electron chi connectivity index (χ4n) is 5.01. The van der Waals surface area contributed by atoms with Crippen molar-refractivity contribution in [3.63, 3.8) is 0 Å². The number of halogens is 1. The van der Waals surface area contributed by atoms with Crippen LogP contribution in [0.2, 0.25) is 5.02 Å². The van der Waals surface area contributed by atoms with Crippen molar-refractivity contribution in [1.29, 1.82) is 0 Å². The predicted molar refractivity (Wildman–Crippen MR) is 181 cm³/mol. The Bertz CT molecular complexity index is 2000. The monoisotopic (exact) mass is 684 g/mol. The second kappa shape index (κ2) is 13.8. The first-order valence-corrected chi connectivity index (χ1v) is 16.4. The van der Waals surface area contributed by atoms with Crippen LogP contribution in [0.4, 0.5) is 10.8 Å². The number of carbonyl (C=O) groups is 2. The van der Waals surface area contributed by atoms with Crippen LogP contribution >= 0.6 is 34.7 Å². The van der Waals surface area contributed by atoms with Gasteiger partial charge in [0.05, 0.1) is 16.5 Å². The number of nitrogens with zero attached hydrogens (tertiary/aromatic N) is 4. The van der Waals surface area contributed by atoms with E-state index in [-0.39, 0.29) is 22.0 Å². The zero-order chi connectivity index (χ0) is 33.1. The molecule has 5 aromatic rings. The molecule has 4 aromatic carbocycles. The van der Waals surface area contributed by atoms with Crippen molar-refractivity contribution in [2.24, 2.45) is 0 Å². The number of aryl methyl sites for hydroxylation is 1. The third kappa shape index (κ3) is 6.89. The molecular formula is C34H25ClN4O6S2. The van der Waals surface area contributed by atoms with Gasteiger partial charge in [-0.1, -0.05) is 71.1 Å². The van der Waals surface area contributed by atoms with Gasteiger partial charge in [-0.05, 0) is 77.7 Å². The van der Waals surface area contributed by atoms with Crippen molar-refractivity contribution >= 4 is 63.0 Å². The van der Waals surface area contributed by atoms with Crippen LogP contribution in [0.3, 0.4) is 0 Å². The largest absolute Gasteiger partial charge is 0.507 e. The molecule has 1 aromatic heterocycles. The van der Waals surface area contributed by atoms with Crippen molar-refractivity contribution in [1.82, 2.24) is 10.2 Å². The summed E-state index contributed by atoms with van der Waals surface area (Å²) in [5.74, 6) is -1.10. The lowest BCUT2D eigenvalue weighted by atomic mass is 9.95. The number of aromatic nitrogens is 2. The fraction of sp³-hybridized carbons (Fsp3) is 0.118. The molecule has 1 aliphatic heterocycles. The van der Waals surface area contributed by atoms with Crippen LogP contribution in [-0.4, -0.2) is 31.9 Å². The number of ether oxygens (including phenoxy) is 1. The number of nitro groups is 1. The highest BCUT2D eigenvalue weighted by molar-refractivity contribution is 8.00. The Morgan fingerprint density at radius 1 is 1.00 bits per heavy atom. The molecule has 1 aliphatic rings. The van der Waals surface area contributed by atoms with Gasteiger partial charge in [-0.25, -0.2) is 0 Å². The minimum absolute atomic E-state index is 0.146. The van der Waals surface area contributed by atoms with Gasteiger partial charge in [0, 0.05) is 28.5 Å². The normalized spacial score (nSPS) is 15.6. The van der Waals surface area contributed by atoms with E-state index in [0.29, 0.717) is 33.0 Å². The molecule has 0 bridgehead atoms. The molecule has 1 amide bonds. The third-order valence-electron chi connectivity index (χ3n) is 7.52. The Kier molecular flexibility index (Phi) is 9.34. The number of aliphatic hydroxyl groups is 1. The van der Waals surface area contributed by atoms with Crippen molar-refractivity contribution in [2.75, 3.05) is 4.90 Å². The predicted octanol–water partition coefficient (Wildman–Crippen LogP) is 7.91. The van der Waals surface area contributed by atoms with Crippen molar-refractivity contribution in [2.45, 2.75) is 29.7 Å². The van der Waals surface area contributed by atoms with Crippen molar-refractivity contribution in [3.05, 3.63) is 146 Å².